The van der Waals surface area contributed by atoms with E-state index in [0.717, 1.165) is 5.69 Å². The SMILES string of the molecule is CP(C)(=O)Nc1ccc(Cl)cc1. The van der Waals surface area contributed by atoms with Crippen LogP contribution in [0.5, 0.6) is 0 Å². The molecule has 0 fully saturated rings. The minimum atomic E-state index is -2.20. The predicted octanol–water partition coefficient (Wildman–Crippen LogP) is 3.29. The van der Waals surface area contributed by atoms with E-state index in [1.807, 2.05) is 12.1 Å². The summed E-state index contributed by atoms with van der Waals surface area (Å²) < 4.78 is 11.3. The Morgan fingerprint density at radius 1 is 1.25 bits per heavy atom. The van der Waals surface area contributed by atoms with Crippen molar-refractivity contribution in [1.82, 2.24) is 0 Å². The van der Waals surface area contributed by atoms with E-state index >= 15 is 0 Å². The molecule has 12 heavy (non-hydrogen) atoms. The van der Waals surface area contributed by atoms with Crippen LogP contribution >= 0.6 is 18.9 Å². The van der Waals surface area contributed by atoms with E-state index in [2.05, 4.69) is 5.09 Å². The van der Waals surface area contributed by atoms with Crippen LogP contribution in [-0.4, -0.2) is 13.3 Å². The van der Waals surface area contributed by atoms with Gasteiger partial charge in [-0.15, -0.1) is 0 Å². The fraction of sp³-hybridized carbons (Fsp3) is 0.250. The van der Waals surface area contributed by atoms with Crippen molar-refractivity contribution in [3.8, 4) is 0 Å². The molecule has 0 saturated carbocycles. The van der Waals surface area contributed by atoms with Gasteiger partial charge in [-0.05, 0) is 24.3 Å². The Balaban J connectivity index is 2.78. The summed E-state index contributed by atoms with van der Waals surface area (Å²) in [4.78, 5) is 0. The first-order valence-corrected chi connectivity index (χ1v) is 6.54. The van der Waals surface area contributed by atoms with Gasteiger partial charge in [0.05, 0.1) is 0 Å². The third-order valence-corrected chi connectivity index (χ3v) is 2.29. The van der Waals surface area contributed by atoms with Gasteiger partial charge >= 0.3 is 0 Å². The normalized spacial score (nSPS) is 11.2. The summed E-state index contributed by atoms with van der Waals surface area (Å²) in [6.07, 6.45) is 0. The molecule has 0 aromatic heterocycles. The van der Waals surface area contributed by atoms with Crippen molar-refractivity contribution in [2.24, 2.45) is 0 Å². The minimum Gasteiger partial charge on any atom is -0.337 e. The highest BCUT2D eigenvalue weighted by Gasteiger charge is 2.04. The summed E-state index contributed by atoms with van der Waals surface area (Å²) >= 11 is 5.69. The second-order valence-electron chi connectivity index (χ2n) is 2.97. The topological polar surface area (TPSA) is 29.1 Å². The molecule has 0 aliphatic heterocycles. The minimum absolute atomic E-state index is 0.683. The quantitative estimate of drug-likeness (QED) is 0.748. The Morgan fingerprint density at radius 2 is 1.75 bits per heavy atom. The Hall–Kier alpha value is -0.460. The molecule has 2 nitrogen and oxygen atoms in total. The summed E-state index contributed by atoms with van der Waals surface area (Å²) in [7, 11) is -2.20. The van der Waals surface area contributed by atoms with Crippen LogP contribution in [-0.2, 0) is 4.57 Å². The summed E-state index contributed by atoms with van der Waals surface area (Å²) in [5, 5.41) is 3.59. The van der Waals surface area contributed by atoms with Crippen molar-refractivity contribution in [3.05, 3.63) is 29.3 Å². The van der Waals surface area contributed by atoms with Crippen LogP contribution in [0.1, 0.15) is 0 Å². The van der Waals surface area contributed by atoms with Crippen molar-refractivity contribution in [2.75, 3.05) is 18.4 Å². The van der Waals surface area contributed by atoms with Gasteiger partial charge < -0.3 is 9.65 Å². The van der Waals surface area contributed by atoms with Crippen LogP contribution in [0.2, 0.25) is 5.02 Å². The average molecular weight is 204 g/mol. The van der Waals surface area contributed by atoms with E-state index in [1.165, 1.54) is 0 Å². The first kappa shape index (κ1) is 9.63. The van der Waals surface area contributed by atoms with Gasteiger partial charge in [-0.1, -0.05) is 11.6 Å². The van der Waals surface area contributed by atoms with E-state index in [4.69, 9.17) is 11.6 Å². The number of nitrogens with one attached hydrogen (secondary N) is 1. The Kier molecular flexibility index (Phi) is 2.81. The molecule has 4 heteroatoms. The zero-order chi connectivity index (χ0) is 9.19. The van der Waals surface area contributed by atoms with Crippen LogP contribution in [0.15, 0.2) is 24.3 Å². The molecule has 0 aliphatic rings. The van der Waals surface area contributed by atoms with Gasteiger partial charge in [0.25, 0.3) is 0 Å². The van der Waals surface area contributed by atoms with Crippen molar-refractivity contribution >= 4 is 24.6 Å². The van der Waals surface area contributed by atoms with E-state index in [1.54, 1.807) is 25.5 Å². The Bertz CT molecular complexity index is 303. The molecule has 0 aliphatic carbocycles. The van der Waals surface area contributed by atoms with E-state index in [-0.39, 0.29) is 0 Å². The average Bonchev–Trinajstić information content (AvgIpc) is 1.91. The largest absolute Gasteiger partial charge is 0.337 e. The highest BCUT2D eigenvalue weighted by atomic mass is 35.5. The van der Waals surface area contributed by atoms with Crippen LogP contribution in [0.4, 0.5) is 5.69 Å². The highest BCUT2D eigenvalue weighted by molar-refractivity contribution is 7.63. The smallest absolute Gasteiger partial charge is 0.164 e. The number of hydrogen-bond donors (Lipinski definition) is 1. The van der Waals surface area contributed by atoms with Crippen molar-refractivity contribution in [2.45, 2.75) is 0 Å². The molecule has 0 bridgehead atoms. The molecule has 0 radical (unpaired) electrons. The number of anilines is 1. The predicted molar refractivity (Wildman–Crippen MR) is 54.5 cm³/mol. The second-order valence-corrected chi connectivity index (χ2v) is 6.33. The molecule has 0 spiro atoms. The lowest BCUT2D eigenvalue weighted by Gasteiger charge is -2.10. The Labute approximate surface area is 77.4 Å². The van der Waals surface area contributed by atoms with E-state index < -0.39 is 7.29 Å². The van der Waals surface area contributed by atoms with Crippen molar-refractivity contribution < 1.29 is 4.57 Å². The molecular weight excluding hydrogens is 193 g/mol. The molecular formula is C8H11ClNOP. The van der Waals surface area contributed by atoms with Gasteiger partial charge in [0.2, 0.25) is 0 Å². The number of hydrogen-bond acceptors (Lipinski definition) is 1. The lowest BCUT2D eigenvalue weighted by atomic mass is 10.3. The first-order valence-electron chi connectivity index (χ1n) is 3.56. The highest BCUT2D eigenvalue weighted by Crippen LogP contribution is 2.36. The van der Waals surface area contributed by atoms with Gasteiger partial charge in [-0.2, -0.15) is 0 Å². The maximum Gasteiger partial charge on any atom is 0.164 e. The molecule has 0 saturated heterocycles. The lowest BCUT2D eigenvalue weighted by Crippen LogP contribution is -1.92. The summed E-state index contributed by atoms with van der Waals surface area (Å²) in [6, 6.07) is 7.14. The third kappa shape index (κ3) is 3.29. The maximum absolute atomic E-state index is 11.3. The first-order chi connectivity index (χ1) is 5.47. The summed E-state index contributed by atoms with van der Waals surface area (Å²) in [6.45, 7) is 3.36. The van der Waals surface area contributed by atoms with Crippen LogP contribution in [0.3, 0.4) is 0 Å². The summed E-state index contributed by atoms with van der Waals surface area (Å²) in [5.74, 6) is 0. The molecule has 0 atom stereocenters. The lowest BCUT2D eigenvalue weighted by molar-refractivity contribution is 0.585. The summed E-state index contributed by atoms with van der Waals surface area (Å²) in [5.41, 5.74) is 0.840. The van der Waals surface area contributed by atoms with Gasteiger partial charge in [0.15, 0.2) is 7.29 Å². The molecule has 0 heterocycles. The van der Waals surface area contributed by atoms with Gasteiger partial charge in [-0.3, -0.25) is 0 Å². The molecule has 0 amide bonds. The fourth-order valence-electron chi connectivity index (χ4n) is 0.835. The molecule has 1 rings (SSSR count). The van der Waals surface area contributed by atoms with Gasteiger partial charge in [0, 0.05) is 24.0 Å². The maximum atomic E-state index is 11.3. The molecule has 66 valence electrons. The van der Waals surface area contributed by atoms with Gasteiger partial charge in [-0.25, -0.2) is 0 Å². The second kappa shape index (κ2) is 3.51. The number of rotatable bonds is 2. The van der Waals surface area contributed by atoms with Crippen molar-refractivity contribution in [1.29, 1.82) is 0 Å². The van der Waals surface area contributed by atoms with Crippen LogP contribution < -0.4 is 5.09 Å². The van der Waals surface area contributed by atoms with Crippen molar-refractivity contribution in [3.63, 3.8) is 0 Å². The third-order valence-electron chi connectivity index (χ3n) is 1.24. The Morgan fingerprint density at radius 3 is 2.17 bits per heavy atom. The molecule has 0 unspecified atom stereocenters. The number of halogens is 1. The monoisotopic (exact) mass is 203 g/mol. The zero-order valence-corrected chi connectivity index (χ0v) is 8.69. The van der Waals surface area contributed by atoms with E-state index in [0.29, 0.717) is 5.02 Å². The molecule has 1 aromatic carbocycles. The number of benzene rings is 1. The van der Waals surface area contributed by atoms with Crippen LogP contribution in [0, 0.1) is 0 Å². The van der Waals surface area contributed by atoms with Crippen LogP contribution in [0.25, 0.3) is 0 Å². The zero-order valence-electron chi connectivity index (χ0n) is 7.04. The molecule has 1 aromatic rings. The van der Waals surface area contributed by atoms with Gasteiger partial charge in [0.1, 0.15) is 0 Å². The molecule has 1 N–H and O–H groups in total. The van der Waals surface area contributed by atoms with E-state index in [9.17, 15) is 4.57 Å². The fourth-order valence-corrected chi connectivity index (χ4v) is 1.73. The standard InChI is InChI=1S/C8H11ClNOP/c1-12(2,11)10-8-5-3-7(9)4-6-8/h3-6H,1-2H3,(H,10,11).